The Balaban J connectivity index is 0.00000144. The van der Waals surface area contributed by atoms with Crippen molar-refractivity contribution in [2.45, 2.75) is 38.3 Å². The number of aliphatic hydroxyl groups excluding tert-OH is 1. The Morgan fingerprint density at radius 1 is 1.18 bits per heavy atom. The van der Waals surface area contributed by atoms with Gasteiger partial charge in [-0.3, -0.25) is 0 Å². The van der Waals surface area contributed by atoms with Crippen molar-refractivity contribution in [1.29, 1.82) is 0 Å². The van der Waals surface area contributed by atoms with Gasteiger partial charge in [0.25, 0.3) is 0 Å². The fraction of sp³-hybridized carbons (Fsp3) is 0.571. The molecule has 0 radical (unpaired) electrons. The molecule has 0 saturated carbocycles. The summed E-state index contributed by atoms with van der Waals surface area (Å²) in [5, 5.41) is 9.09. The molecule has 3 heteroatoms. The van der Waals surface area contributed by atoms with Crippen LogP contribution in [0, 0.1) is 0 Å². The summed E-state index contributed by atoms with van der Waals surface area (Å²) in [5.74, 6) is 0. The fourth-order valence-electron chi connectivity index (χ4n) is 2.75. The van der Waals surface area contributed by atoms with Gasteiger partial charge in [0.1, 0.15) is 6.54 Å². The van der Waals surface area contributed by atoms with Crippen LogP contribution in [0.15, 0.2) is 30.3 Å². The fourth-order valence-corrected chi connectivity index (χ4v) is 2.75. The van der Waals surface area contributed by atoms with E-state index in [0.717, 1.165) is 13.0 Å². The molecule has 1 saturated heterocycles. The summed E-state index contributed by atoms with van der Waals surface area (Å²) >= 11 is 0. The number of rotatable bonds is 4. The normalized spacial score (nSPS) is 24.1. The Labute approximate surface area is 121 Å². The zero-order valence-electron chi connectivity index (χ0n) is 10.2. The maximum atomic E-state index is 9.09. The molecule has 2 N–H and O–H groups in total. The molecule has 1 fully saturated rings. The third kappa shape index (κ3) is 4.56. The molecule has 0 spiro atoms. The molecular weight excluding hydrogens is 325 g/mol. The number of nitrogens with one attached hydrogen (secondary N) is 1. The Kier molecular flexibility index (Phi) is 7.08. The topological polar surface area (TPSA) is 24.7 Å². The molecule has 2 rings (SSSR count). The Morgan fingerprint density at radius 3 is 2.65 bits per heavy atom. The van der Waals surface area contributed by atoms with Crippen LogP contribution in [0.1, 0.15) is 31.2 Å². The predicted molar refractivity (Wildman–Crippen MR) is 65.3 cm³/mol. The summed E-state index contributed by atoms with van der Waals surface area (Å²) in [4.78, 5) is 1.66. The lowest BCUT2D eigenvalue weighted by atomic mass is 9.99. The van der Waals surface area contributed by atoms with Crippen LogP contribution in [-0.2, 0) is 6.54 Å². The van der Waals surface area contributed by atoms with Crippen molar-refractivity contribution in [1.82, 2.24) is 0 Å². The molecule has 1 aliphatic heterocycles. The average Bonchev–Trinajstić information content (AvgIpc) is 2.33. The van der Waals surface area contributed by atoms with Gasteiger partial charge in [-0.1, -0.05) is 30.3 Å². The number of hydrogen-bond acceptors (Lipinski definition) is 1. The Morgan fingerprint density at radius 2 is 1.94 bits per heavy atom. The number of benzene rings is 1. The molecule has 96 valence electrons. The van der Waals surface area contributed by atoms with Crippen LogP contribution in [0.5, 0.6) is 0 Å². The van der Waals surface area contributed by atoms with Crippen LogP contribution in [0.2, 0.25) is 0 Å². The lowest BCUT2D eigenvalue weighted by Gasteiger charge is -2.32. The lowest BCUT2D eigenvalue weighted by Crippen LogP contribution is -3.15. The highest BCUT2D eigenvalue weighted by atomic mass is 127. The number of hydrogen-bond donors (Lipinski definition) is 2. The first kappa shape index (κ1) is 14.9. The van der Waals surface area contributed by atoms with Gasteiger partial charge in [0.15, 0.2) is 0 Å². The summed E-state index contributed by atoms with van der Waals surface area (Å²) in [6, 6.07) is 11.4. The highest BCUT2D eigenvalue weighted by Crippen LogP contribution is 2.07. The predicted octanol–water partition coefficient (Wildman–Crippen LogP) is -1.99. The van der Waals surface area contributed by atoms with Crippen LogP contribution in [0.3, 0.4) is 0 Å². The number of aliphatic hydroxyl groups is 1. The van der Waals surface area contributed by atoms with Crippen LogP contribution in [0.4, 0.5) is 0 Å². The van der Waals surface area contributed by atoms with E-state index < -0.39 is 0 Å². The maximum Gasteiger partial charge on any atom is 0.103 e. The number of quaternary nitrogens is 1. The van der Waals surface area contributed by atoms with E-state index in [1.807, 2.05) is 0 Å². The van der Waals surface area contributed by atoms with E-state index in [-0.39, 0.29) is 24.0 Å². The van der Waals surface area contributed by atoms with Crippen molar-refractivity contribution in [2.24, 2.45) is 0 Å². The first-order valence-corrected chi connectivity index (χ1v) is 6.39. The van der Waals surface area contributed by atoms with E-state index >= 15 is 0 Å². The minimum absolute atomic E-state index is 0. The highest BCUT2D eigenvalue weighted by molar-refractivity contribution is 5.13. The number of likely N-dealkylation sites (tertiary alicyclic amines) is 1. The van der Waals surface area contributed by atoms with Crippen molar-refractivity contribution < 1.29 is 34.0 Å². The first-order chi connectivity index (χ1) is 7.90. The number of halogens is 1. The third-order valence-electron chi connectivity index (χ3n) is 3.63. The van der Waals surface area contributed by atoms with E-state index in [2.05, 4.69) is 30.3 Å². The zero-order chi connectivity index (χ0) is 11.2. The molecule has 2 atom stereocenters. The van der Waals surface area contributed by atoms with Gasteiger partial charge in [0.2, 0.25) is 0 Å². The zero-order valence-corrected chi connectivity index (χ0v) is 12.4. The molecule has 1 aromatic rings. The smallest absolute Gasteiger partial charge is 0.103 e. The maximum absolute atomic E-state index is 9.09. The van der Waals surface area contributed by atoms with Crippen LogP contribution in [0.25, 0.3) is 0 Å². The van der Waals surface area contributed by atoms with Gasteiger partial charge < -0.3 is 34.0 Å². The van der Waals surface area contributed by atoms with Crippen LogP contribution >= 0.6 is 0 Å². The van der Waals surface area contributed by atoms with Crippen LogP contribution < -0.4 is 28.9 Å². The molecule has 17 heavy (non-hydrogen) atoms. The largest absolute Gasteiger partial charge is 1.00 e. The second kappa shape index (κ2) is 8.06. The Hall–Kier alpha value is -0.130. The van der Waals surface area contributed by atoms with E-state index in [9.17, 15) is 0 Å². The number of piperidine rings is 1. The van der Waals surface area contributed by atoms with Crippen molar-refractivity contribution in [3.8, 4) is 0 Å². The second-order valence-corrected chi connectivity index (χ2v) is 4.78. The molecule has 2 unspecified atom stereocenters. The van der Waals surface area contributed by atoms with Gasteiger partial charge in [-0.15, -0.1) is 0 Å². The van der Waals surface area contributed by atoms with Crippen molar-refractivity contribution in [3.05, 3.63) is 35.9 Å². The summed E-state index contributed by atoms with van der Waals surface area (Å²) in [6.45, 7) is 2.72. The summed E-state index contributed by atoms with van der Waals surface area (Å²) < 4.78 is 0. The minimum Gasteiger partial charge on any atom is -1.00 e. The van der Waals surface area contributed by atoms with E-state index in [4.69, 9.17) is 5.11 Å². The highest BCUT2D eigenvalue weighted by Gasteiger charge is 2.25. The summed E-state index contributed by atoms with van der Waals surface area (Å²) in [5.41, 5.74) is 1.42. The minimum atomic E-state index is 0. The van der Waals surface area contributed by atoms with Gasteiger partial charge in [-0.25, -0.2) is 0 Å². The lowest BCUT2D eigenvalue weighted by molar-refractivity contribution is -0.944. The molecule has 0 aliphatic carbocycles. The molecule has 1 heterocycles. The first-order valence-electron chi connectivity index (χ1n) is 6.39. The molecule has 1 aromatic carbocycles. The van der Waals surface area contributed by atoms with Gasteiger partial charge in [0.05, 0.1) is 12.6 Å². The van der Waals surface area contributed by atoms with Gasteiger partial charge in [0, 0.05) is 18.6 Å². The quantitative estimate of drug-likeness (QED) is 0.606. The van der Waals surface area contributed by atoms with Gasteiger partial charge >= 0.3 is 0 Å². The van der Waals surface area contributed by atoms with E-state index in [1.165, 1.54) is 31.4 Å². The standard InChI is InChI=1S/C14H21NO.HI/c16-11-9-14-8-4-5-10-15(14)12-13-6-2-1-3-7-13;/h1-3,6-7,14,16H,4-5,8-12H2;1H. The molecular formula is C14H22INO. The van der Waals surface area contributed by atoms with Crippen molar-refractivity contribution in [3.63, 3.8) is 0 Å². The molecule has 0 bridgehead atoms. The molecule has 0 aromatic heterocycles. The van der Waals surface area contributed by atoms with Gasteiger partial charge in [-0.05, 0) is 19.3 Å². The van der Waals surface area contributed by atoms with Crippen LogP contribution in [-0.4, -0.2) is 24.3 Å². The molecule has 1 aliphatic rings. The molecule has 2 nitrogen and oxygen atoms in total. The van der Waals surface area contributed by atoms with E-state index in [0.29, 0.717) is 12.6 Å². The SMILES string of the molecule is OCCC1CCCC[NH+]1Cc1ccccc1.[I-]. The second-order valence-electron chi connectivity index (χ2n) is 4.78. The van der Waals surface area contributed by atoms with Crippen molar-refractivity contribution in [2.75, 3.05) is 13.2 Å². The monoisotopic (exact) mass is 347 g/mol. The van der Waals surface area contributed by atoms with Gasteiger partial charge in [-0.2, -0.15) is 0 Å². The molecule has 0 amide bonds. The van der Waals surface area contributed by atoms with Crippen molar-refractivity contribution >= 4 is 0 Å². The average molecular weight is 347 g/mol. The summed E-state index contributed by atoms with van der Waals surface area (Å²) in [6.07, 6.45) is 4.91. The Bertz CT molecular complexity index is 302. The van der Waals surface area contributed by atoms with E-state index in [1.54, 1.807) is 4.90 Å². The summed E-state index contributed by atoms with van der Waals surface area (Å²) in [7, 11) is 0. The third-order valence-corrected chi connectivity index (χ3v) is 3.63.